The summed E-state index contributed by atoms with van der Waals surface area (Å²) < 4.78 is 19.7. The van der Waals surface area contributed by atoms with Crippen molar-refractivity contribution in [1.82, 2.24) is 5.32 Å². The van der Waals surface area contributed by atoms with Gasteiger partial charge in [-0.05, 0) is 25.0 Å². The number of halogens is 2. The van der Waals surface area contributed by atoms with Crippen LogP contribution in [0.2, 0.25) is 0 Å². The van der Waals surface area contributed by atoms with Crippen LogP contribution in [0.15, 0.2) is 23.1 Å². The Kier molecular flexibility index (Phi) is 6.09. The van der Waals surface area contributed by atoms with Crippen molar-refractivity contribution in [2.24, 2.45) is 11.1 Å². The Morgan fingerprint density at radius 1 is 1.48 bits per heavy atom. The van der Waals surface area contributed by atoms with E-state index in [4.69, 9.17) is 10.5 Å². The molecule has 3 unspecified atom stereocenters. The zero-order valence-electron chi connectivity index (χ0n) is 14.8. The van der Waals surface area contributed by atoms with Crippen molar-refractivity contribution < 1.29 is 13.9 Å². The number of rotatable bonds is 4. The summed E-state index contributed by atoms with van der Waals surface area (Å²) in [4.78, 5) is 13.5. The van der Waals surface area contributed by atoms with E-state index in [0.29, 0.717) is 17.9 Å². The lowest BCUT2D eigenvalue weighted by atomic mass is 9.54. The van der Waals surface area contributed by atoms with Gasteiger partial charge in [-0.25, -0.2) is 4.39 Å². The van der Waals surface area contributed by atoms with E-state index in [0.717, 1.165) is 17.7 Å². The van der Waals surface area contributed by atoms with Crippen molar-refractivity contribution in [2.75, 3.05) is 12.4 Å². The minimum atomic E-state index is -0.953. The summed E-state index contributed by atoms with van der Waals surface area (Å²) in [5, 5.41) is 3.06. The van der Waals surface area contributed by atoms with Crippen LogP contribution in [0.5, 0.6) is 0 Å². The van der Waals surface area contributed by atoms with Gasteiger partial charge in [0.05, 0.1) is 12.1 Å². The predicted octanol–water partition coefficient (Wildman–Crippen LogP) is 3.43. The molecule has 2 aliphatic rings. The lowest BCUT2D eigenvalue weighted by Crippen LogP contribution is -2.75. The van der Waals surface area contributed by atoms with Crippen LogP contribution in [0.25, 0.3) is 0 Å². The van der Waals surface area contributed by atoms with Crippen LogP contribution in [-0.2, 0) is 9.53 Å². The molecule has 1 amide bonds. The zero-order chi connectivity index (χ0) is 17.5. The number of nitrogens with two attached hydrogens (primary N) is 1. The third-order valence-corrected chi connectivity index (χ3v) is 6.73. The smallest absolute Gasteiger partial charge is 0.241 e. The molecule has 3 atom stereocenters. The lowest BCUT2D eigenvalue weighted by Gasteiger charge is -2.57. The Morgan fingerprint density at radius 2 is 2.20 bits per heavy atom. The summed E-state index contributed by atoms with van der Waals surface area (Å²) in [6.07, 6.45) is 1.28. The van der Waals surface area contributed by atoms with Gasteiger partial charge in [0.2, 0.25) is 5.91 Å². The Labute approximate surface area is 158 Å². The van der Waals surface area contributed by atoms with Crippen LogP contribution < -0.4 is 11.1 Å². The number of carbonyl (C=O) groups excluding carboxylic acids is 1. The quantitative estimate of drug-likeness (QED) is 0.829. The molecule has 4 nitrogen and oxygen atoms in total. The summed E-state index contributed by atoms with van der Waals surface area (Å²) in [7, 11) is 0. The van der Waals surface area contributed by atoms with Gasteiger partial charge in [0, 0.05) is 29.1 Å². The number of benzene rings is 1. The average molecular weight is 389 g/mol. The van der Waals surface area contributed by atoms with Crippen LogP contribution in [0.3, 0.4) is 0 Å². The molecular weight excluding hydrogens is 363 g/mol. The van der Waals surface area contributed by atoms with Gasteiger partial charge in [-0.3, -0.25) is 4.79 Å². The van der Waals surface area contributed by atoms with Crippen molar-refractivity contribution in [3.05, 3.63) is 29.6 Å². The third kappa shape index (κ3) is 3.29. The molecule has 0 radical (unpaired) electrons. The SMILES string of the molecule is CCOC1CC(N)(C(=O)NC2CCSc3c(F)cccc32)C1(C)C.Cl. The van der Waals surface area contributed by atoms with E-state index < -0.39 is 11.0 Å². The van der Waals surface area contributed by atoms with Gasteiger partial charge in [-0.2, -0.15) is 0 Å². The standard InChI is InChI=1S/C18H25FN2O2S.ClH/c1-4-23-14-10-18(20,17(14,2)3)16(22)21-13-8-9-24-15-11(13)6-5-7-12(15)19;/h5-7,13-14H,4,8-10,20H2,1-3H3,(H,21,22);1H. The number of amides is 1. The number of hydrogen-bond donors (Lipinski definition) is 2. The van der Waals surface area contributed by atoms with Crippen LogP contribution in [0, 0.1) is 11.2 Å². The van der Waals surface area contributed by atoms with Crippen LogP contribution in [0.4, 0.5) is 4.39 Å². The molecular formula is C18H26ClFN2O2S. The first-order valence-electron chi connectivity index (χ1n) is 8.44. The van der Waals surface area contributed by atoms with E-state index >= 15 is 0 Å². The van der Waals surface area contributed by atoms with Gasteiger partial charge in [0.15, 0.2) is 0 Å². The van der Waals surface area contributed by atoms with E-state index in [-0.39, 0.29) is 36.3 Å². The first kappa shape index (κ1) is 20.5. The van der Waals surface area contributed by atoms with E-state index in [9.17, 15) is 9.18 Å². The average Bonchev–Trinajstić information content (AvgIpc) is 2.55. The number of hydrogen-bond acceptors (Lipinski definition) is 4. The Hall–Kier alpha value is -0.820. The number of ether oxygens (including phenoxy) is 1. The maximum absolute atomic E-state index is 14.0. The molecule has 0 bridgehead atoms. The fourth-order valence-corrected chi connectivity index (χ4v) is 4.78. The highest BCUT2D eigenvalue weighted by Gasteiger charge is 2.63. The van der Waals surface area contributed by atoms with Crippen molar-refractivity contribution in [1.29, 1.82) is 0 Å². The van der Waals surface area contributed by atoms with Crippen LogP contribution in [0.1, 0.15) is 45.2 Å². The number of carbonyl (C=O) groups is 1. The first-order chi connectivity index (χ1) is 11.3. The predicted molar refractivity (Wildman–Crippen MR) is 101 cm³/mol. The summed E-state index contributed by atoms with van der Waals surface area (Å²) in [5.41, 5.74) is 5.91. The van der Waals surface area contributed by atoms with Crippen molar-refractivity contribution in [3.63, 3.8) is 0 Å². The summed E-state index contributed by atoms with van der Waals surface area (Å²) in [6.45, 7) is 6.50. The fraction of sp³-hybridized carbons (Fsp3) is 0.611. The topological polar surface area (TPSA) is 64.3 Å². The fourth-order valence-electron chi connectivity index (χ4n) is 3.64. The van der Waals surface area contributed by atoms with Crippen molar-refractivity contribution in [2.45, 2.75) is 56.2 Å². The Bertz CT molecular complexity index is 658. The molecule has 0 spiro atoms. The third-order valence-electron chi connectivity index (χ3n) is 5.57. The number of thioether (sulfide) groups is 1. The van der Waals surface area contributed by atoms with Crippen molar-refractivity contribution >= 4 is 30.1 Å². The summed E-state index contributed by atoms with van der Waals surface area (Å²) >= 11 is 1.50. The molecule has 0 saturated heterocycles. The molecule has 1 saturated carbocycles. The highest BCUT2D eigenvalue weighted by molar-refractivity contribution is 7.99. The molecule has 1 aliphatic carbocycles. The van der Waals surface area contributed by atoms with Crippen LogP contribution >= 0.6 is 24.2 Å². The van der Waals surface area contributed by atoms with Crippen molar-refractivity contribution in [3.8, 4) is 0 Å². The van der Waals surface area contributed by atoms with Gasteiger partial charge in [-0.15, -0.1) is 24.2 Å². The normalized spacial score (nSPS) is 29.8. The maximum atomic E-state index is 14.0. The van der Waals surface area contributed by atoms with Gasteiger partial charge in [0.25, 0.3) is 0 Å². The first-order valence-corrected chi connectivity index (χ1v) is 9.42. The van der Waals surface area contributed by atoms with Gasteiger partial charge in [0.1, 0.15) is 11.4 Å². The summed E-state index contributed by atoms with van der Waals surface area (Å²) in [6, 6.07) is 4.85. The molecule has 140 valence electrons. The molecule has 1 aromatic rings. The molecule has 1 aliphatic heterocycles. The second kappa shape index (κ2) is 7.43. The highest BCUT2D eigenvalue weighted by Crippen LogP contribution is 2.50. The number of nitrogens with one attached hydrogen (secondary N) is 1. The highest BCUT2D eigenvalue weighted by atomic mass is 35.5. The Morgan fingerprint density at radius 3 is 2.84 bits per heavy atom. The maximum Gasteiger partial charge on any atom is 0.241 e. The second-order valence-corrected chi connectivity index (χ2v) is 8.27. The van der Waals surface area contributed by atoms with Gasteiger partial charge < -0.3 is 15.8 Å². The lowest BCUT2D eigenvalue weighted by molar-refractivity contribution is -0.171. The largest absolute Gasteiger partial charge is 0.378 e. The van der Waals surface area contributed by atoms with Gasteiger partial charge >= 0.3 is 0 Å². The summed E-state index contributed by atoms with van der Waals surface area (Å²) in [5.74, 6) is 0.386. The molecule has 3 N–H and O–H groups in total. The molecule has 7 heteroatoms. The molecule has 1 aromatic carbocycles. The van der Waals surface area contributed by atoms with E-state index in [2.05, 4.69) is 5.32 Å². The second-order valence-electron chi connectivity index (χ2n) is 7.16. The monoisotopic (exact) mass is 388 g/mol. The molecule has 1 heterocycles. The molecule has 1 fully saturated rings. The molecule has 0 aromatic heterocycles. The van der Waals surface area contributed by atoms with Crippen LogP contribution in [-0.4, -0.2) is 29.9 Å². The van der Waals surface area contributed by atoms with E-state index in [1.807, 2.05) is 26.8 Å². The zero-order valence-corrected chi connectivity index (χ0v) is 16.4. The van der Waals surface area contributed by atoms with E-state index in [1.165, 1.54) is 17.8 Å². The van der Waals surface area contributed by atoms with Gasteiger partial charge in [-0.1, -0.05) is 26.0 Å². The molecule has 3 rings (SSSR count). The minimum absolute atomic E-state index is 0. The van der Waals surface area contributed by atoms with E-state index in [1.54, 1.807) is 6.07 Å². The minimum Gasteiger partial charge on any atom is -0.378 e. The number of fused-ring (bicyclic) bond motifs is 1. The molecule has 25 heavy (non-hydrogen) atoms. The Balaban J connectivity index is 0.00000225.